The molecule has 2 aromatic rings. The first-order valence-electron chi connectivity index (χ1n) is 5.98. The summed E-state index contributed by atoms with van der Waals surface area (Å²) in [4.78, 5) is 8.32. The van der Waals surface area contributed by atoms with E-state index in [2.05, 4.69) is 28.2 Å². The molecule has 0 amide bonds. The molecule has 86 valence electrons. The van der Waals surface area contributed by atoms with Crippen LogP contribution in [0.2, 0.25) is 0 Å². The van der Waals surface area contributed by atoms with Gasteiger partial charge in [-0.1, -0.05) is 18.2 Å². The third-order valence-electron chi connectivity index (χ3n) is 3.38. The molecule has 1 atom stereocenters. The molecular formula is C14H15N3. The lowest BCUT2D eigenvalue weighted by atomic mass is 10.00. The molecule has 3 heteroatoms. The molecule has 1 aliphatic carbocycles. The van der Waals surface area contributed by atoms with Gasteiger partial charge in [-0.15, -0.1) is 0 Å². The minimum atomic E-state index is -0.172. The van der Waals surface area contributed by atoms with Crippen LogP contribution in [0.5, 0.6) is 0 Å². The van der Waals surface area contributed by atoms with Crippen molar-refractivity contribution in [3.8, 4) is 0 Å². The summed E-state index contributed by atoms with van der Waals surface area (Å²) in [5.74, 6) is 0. The van der Waals surface area contributed by atoms with E-state index in [1.807, 2.05) is 0 Å². The molecule has 1 heterocycles. The van der Waals surface area contributed by atoms with Crippen molar-refractivity contribution >= 4 is 0 Å². The van der Waals surface area contributed by atoms with E-state index in [0.29, 0.717) is 0 Å². The van der Waals surface area contributed by atoms with Crippen LogP contribution in [0.4, 0.5) is 0 Å². The number of fused-ring (bicyclic) bond motifs is 1. The van der Waals surface area contributed by atoms with Gasteiger partial charge in [0.15, 0.2) is 0 Å². The number of hydrogen-bond donors (Lipinski definition) is 1. The Morgan fingerprint density at radius 3 is 2.82 bits per heavy atom. The zero-order valence-electron chi connectivity index (χ0n) is 9.63. The molecule has 0 fully saturated rings. The maximum absolute atomic E-state index is 6.21. The fraction of sp³-hybridized carbons (Fsp3) is 0.286. The normalized spacial score (nSPS) is 15.6. The summed E-state index contributed by atoms with van der Waals surface area (Å²) in [6, 6.07) is 6.37. The van der Waals surface area contributed by atoms with E-state index >= 15 is 0 Å². The third-order valence-corrected chi connectivity index (χ3v) is 3.38. The van der Waals surface area contributed by atoms with Crippen molar-refractivity contribution < 1.29 is 0 Å². The van der Waals surface area contributed by atoms with Gasteiger partial charge in [0.2, 0.25) is 0 Å². The lowest BCUT2D eigenvalue weighted by Gasteiger charge is -2.12. The summed E-state index contributed by atoms with van der Waals surface area (Å²) in [6.07, 6.45) is 8.73. The van der Waals surface area contributed by atoms with Crippen molar-refractivity contribution in [1.82, 2.24) is 9.97 Å². The predicted molar refractivity (Wildman–Crippen MR) is 66.5 cm³/mol. The second-order valence-electron chi connectivity index (χ2n) is 4.49. The molecule has 0 bridgehead atoms. The number of nitrogens with zero attached hydrogens (tertiary/aromatic N) is 2. The largest absolute Gasteiger partial charge is 0.319 e. The number of nitrogens with two attached hydrogens (primary N) is 1. The first kappa shape index (κ1) is 10.4. The van der Waals surface area contributed by atoms with E-state index in [4.69, 9.17) is 5.73 Å². The molecule has 0 saturated heterocycles. The monoisotopic (exact) mass is 225 g/mol. The molecule has 0 spiro atoms. The number of hydrogen-bond acceptors (Lipinski definition) is 3. The highest BCUT2D eigenvalue weighted by molar-refractivity contribution is 5.38. The van der Waals surface area contributed by atoms with E-state index in [-0.39, 0.29) is 6.04 Å². The first-order chi connectivity index (χ1) is 8.34. The van der Waals surface area contributed by atoms with Gasteiger partial charge < -0.3 is 5.73 Å². The van der Waals surface area contributed by atoms with Crippen LogP contribution in [0, 0.1) is 0 Å². The minimum Gasteiger partial charge on any atom is -0.319 e. The molecule has 0 radical (unpaired) electrons. The molecule has 0 aliphatic heterocycles. The Morgan fingerprint density at radius 1 is 1.12 bits per heavy atom. The Bertz CT molecular complexity index is 522. The second-order valence-corrected chi connectivity index (χ2v) is 4.49. The van der Waals surface area contributed by atoms with Gasteiger partial charge in [-0.05, 0) is 36.0 Å². The van der Waals surface area contributed by atoms with Crippen molar-refractivity contribution in [3.05, 3.63) is 59.2 Å². The maximum atomic E-state index is 6.21. The Morgan fingerprint density at radius 2 is 2.00 bits per heavy atom. The first-order valence-corrected chi connectivity index (χ1v) is 5.98. The van der Waals surface area contributed by atoms with Crippen LogP contribution >= 0.6 is 0 Å². The molecule has 1 aromatic carbocycles. The topological polar surface area (TPSA) is 51.8 Å². The average molecular weight is 225 g/mol. The molecular weight excluding hydrogens is 210 g/mol. The van der Waals surface area contributed by atoms with Crippen LogP contribution in [0.3, 0.4) is 0 Å². The fourth-order valence-corrected chi connectivity index (χ4v) is 2.43. The molecule has 0 saturated carbocycles. The van der Waals surface area contributed by atoms with Crippen LogP contribution < -0.4 is 5.73 Å². The molecule has 3 rings (SSSR count). The van der Waals surface area contributed by atoms with Gasteiger partial charge in [-0.3, -0.25) is 9.97 Å². The molecule has 1 aromatic heterocycles. The van der Waals surface area contributed by atoms with E-state index in [9.17, 15) is 0 Å². The van der Waals surface area contributed by atoms with Crippen LogP contribution in [0.25, 0.3) is 0 Å². The zero-order chi connectivity index (χ0) is 11.7. The maximum Gasteiger partial charge on any atom is 0.0799 e. The van der Waals surface area contributed by atoms with Crippen LogP contribution in [-0.4, -0.2) is 9.97 Å². The summed E-state index contributed by atoms with van der Waals surface area (Å²) < 4.78 is 0. The van der Waals surface area contributed by atoms with Crippen molar-refractivity contribution in [2.75, 3.05) is 0 Å². The highest BCUT2D eigenvalue weighted by Crippen LogP contribution is 2.26. The Labute approximate surface area is 101 Å². The molecule has 2 N–H and O–H groups in total. The number of aryl methyl sites for hydroxylation is 2. The summed E-state index contributed by atoms with van der Waals surface area (Å²) in [5.41, 5.74) is 11.1. The van der Waals surface area contributed by atoms with Gasteiger partial charge in [0.05, 0.1) is 17.9 Å². The van der Waals surface area contributed by atoms with Gasteiger partial charge >= 0.3 is 0 Å². The van der Waals surface area contributed by atoms with Crippen molar-refractivity contribution in [2.45, 2.75) is 25.3 Å². The van der Waals surface area contributed by atoms with E-state index in [1.165, 1.54) is 30.4 Å². The standard InChI is InChI=1S/C14H15N3/c15-14(13-9-16-6-7-17-13)12-5-4-10-2-1-3-11(10)8-12/h4-9,14H,1-3,15H2. The van der Waals surface area contributed by atoms with E-state index in [0.717, 1.165) is 11.3 Å². The van der Waals surface area contributed by atoms with Gasteiger partial charge in [0.1, 0.15) is 0 Å². The molecule has 1 unspecified atom stereocenters. The van der Waals surface area contributed by atoms with Gasteiger partial charge in [0, 0.05) is 12.4 Å². The van der Waals surface area contributed by atoms with Crippen molar-refractivity contribution in [3.63, 3.8) is 0 Å². The smallest absolute Gasteiger partial charge is 0.0799 e. The number of aromatic nitrogens is 2. The SMILES string of the molecule is NC(c1ccc2c(c1)CCC2)c1cnccn1. The number of rotatable bonds is 2. The summed E-state index contributed by atoms with van der Waals surface area (Å²) >= 11 is 0. The number of benzene rings is 1. The highest BCUT2D eigenvalue weighted by Gasteiger charge is 2.15. The fourth-order valence-electron chi connectivity index (χ4n) is 2.43. The van der Waals surface area contributed by atoms with Gasteiger partial charge in [0.25, 0.3) is 0 Å². The lowest BCUT2D eigenvalue weighted by molar-refractivity contribution is 0.815. The predicted octanol–water partition coefficient (Wildman–Crippen LogP) is 2.01. The Balaban J connectivity index is 1.94. The van der Waals surface area contributed by atoms with Crippen LogP contribution in [-0.2, 0) is 12.8 Å². The Kier molecular flexibility index (Phi) is 2.61. The summed E-state index contributed by atoms with van der Waals surface area (Å²) in [6.45, 7) is 0. The summed E-state index contributed by atoms with van der Waals surface area (Å²) in [7, 11) is 0. The zero-order valence-corrected chi connectivity index (χ0v) is 9.63. The lowest BCUT2D eigenvalue weighted by Crippen LogP contribution is -2.14. The average Bonchev–Trinajstić information content (AvgIpc) is 2.86. The van der Waals surface area contributed by atoms with Crippen LogP contribution in [0.15, 0.2) is 36.8 Å². The second kappa shape index (κ2) is 4.26. The van der Waals surface area contributed by atoms with Gasteiger partial charge in [-0.25, -0.2) is 0 Å². The summed E-state index contributed by atoms with van der Waals surface area (Å²) in [5, 5.41) is 0. The van der Waals surface area contributed by atoms with Crippen LogP contribution in [0.1, 0.15) is 34.8 Å². The molecule has 1 aliphatic rings. The Hall–Kier alpha value is -1.74. The van der Waals surface area contributed by atoms with Crippen molar-refractivity contribution in [1.29, 1.82) is 0 Å². The van der Waals surface area contributed by atoms with E-state index < -0.39 is 0 Å². The molecule has 17 heavy (non-hydrogen) atoms. The quantitative estimate of drug-likeness (QED) is 0.850. The van der Waals surface area contributed by atoms with Crippen molar-refractivity contribution in [2.24, 2.45) is 5.73 Å². The highest BCUT2D eigenvalue weighted by atomic mass is 14.8. The molecule has 3 nitrogen and oxygen atoms in total. The minimum absolute atomic E-state index is 0.172. The van der Waals surface area contributed by atoms with E-state index in [1.54, 1.807) is 18.6 Å². The van der Waals surface area contributed by atoms with Gasteiger partial charge in [-0.2, -0.15) is 0 Å². The third kappa shape index (κ3) is 1.94.